The van der Waals surface area contributed by atoms with Gasteiger partial charge in [-0.1, -0.05) is 29.4 Å². The first-order chi connectivity index (χ1) is 13.6. The second kappa shape index (κ2) is 8.94. The van der Waals surface area contributed by atoms with Gasteiger partial charge in [0.2, 0.25) is 0 Å². The average molecular weight is 381 g/mol. The standard InChI is InChI=1S/C21H23N3O4/c1-14-12-20(24-28-14)23-21(25)22-19(16-6-10-18(27-3)11-7-16)13-15-4-8-17(26-2)9-5-15/h4-12,19H,13H2,1-3H3,(H2,22,23,24,25)/t19-/m1/s1. The first kappa shape index (κ1) is 19.3. The number of anilines is 1. The number of nitrogens with zero attached hydrogens (tertiary/aromatic N) is 1. The van der Waals surface area contributed by atoms with Crippen LogP contribution in [0.2, 0.25) is 0 Å². The molecule has 7 nitrogen and oxygen atoms in total. The van der Waals surface area contributed by atoms with Crippen molar-refractivity contribution in [2.24, 2.45) is 0 Å². The number of methoxy groups -OCH3 is 2. The van der Waals surface area contributed by atoms with Gasteiger partial charge in [-0.25, -0.2) is 4.79 Å². The Morgan fingerprint density at radius 1 is 1.04 bits per heavy atom. The summed E-state index contributed by atoms with van der Waals surface area (Å²) in [7, 11) is 3.25. The van der Waals surface area contributed by atoms with Crippen LogP contribution in [0.4, 0.5) is 10.6 Å². The van der Waals surface area contributed by atoms with Gasteiger partial charge in [-0.3, -0.25) is 5.32 Å². The Balaban J connectivity index is 1.76. The summed E-state index contributed by atoms with van der Waals surface area (Å²) in [6.45, 7) is 1.76. The third kappa shape index (κ3) is 5.03. The summed E-state index contributed by atoms with van der Waals surface area (Å²) >= 11 is 0. The molecule has 0 bridgehead atoms. The van der Waals surface area contributed by atoms with E-state index in [4.69, 9.17) is 14.0 Å². The molecule has 1 heterocycles. The van der Waals surface area contributed by atoms with E-state index in [1.165, 1.54) is 0 Å². The van der Waals surface area contributed by atoms with Crippen LogP contribution < -0.4 is 20.1 Å². The maximum atomic E-state index is 12.5. The van der Waals surface area contributed by atoms with Crippen LogP contribution in [0.25, 0.3) is 0 Å². The van der Waals surface area contributed by atoms with Crippen molar-refractivity contribution in [1.82, 2.24) is 10.5 Å². The van der Waals surface area contributed by atoms with Gasteiger partial charge in [-0.15, -0.1) is 0 Å². The Bertz CT molecular complexity index is 904. The molecule has 0 aliphatic heterocycles. The van der Waals surface area contributed by atoms with Crippen LogP contribution in [0, 0.1) is 6.92 Å². The fourth-order valence-electron chi connectivity index (χ4n) is 2.82. The van der Waals surface area contributed by atoms with Gasteiger partial charge in [-0.05, 0) is 48.7 Å². The van der Waals surface area contributed by atoms with E-state index < -0.39 is 0 Å². The smallest absolute Gasteiger partial charge is 0.320 e. The van der Waals surface area contributed by atoms with Gasteiger partial charge in [-0.2, -0.15) is 0 Å². The highest BCUT2D eigenvalue weighted by Gasteiger charge is 2.17. The summed E-state index contributed by atoms with van der Waals surface area (Å²) < 4.78 is 15.4. The van der Waals surface area contributed by atoms with Crippen molar-refractivity contribution < 1.29 is 18.8 Å². The minimum absolute atomic E-state index is 0.243. The van der Waals surface area contributed by atoms with Gasteiger partial charge in [0.25, 0.3) is 0 Å². The van der Waals surface area contributed by atoms with E-state index in [1.54, 1.807) is 27.2 Å². The second-order valence-electron chi connectivity index (χ2n) is 6.30. The Morgan fingerprint density at radius 3 is 2.18 bits per heavy atom. The highest BCUT2D eigenvalue weighted by atomic mass is 16.5. The number of rotatable bonds is 7. The zero-order valence-electron chi connectivity index (χ0n) is 16.1. The third-order valence-corrected chi connectivity index (χ3v) is 4.29. The number of hydrogen-bond acceptors (Lipinski definition) is 5. The molecule has 3 rings (SSSR count). The second-order valence-corrected chi connectivity index (χ2v) is 6.30. The molecule has 146 valence electrons. The van der Waals surface area contributed by atoms with Crippen molar-refractivity contribution in [2.45, 2.75) is 19.4 Å². The SMILES string of the molecule is COc1ccc(C[C@@H](NC(=O)Nc2cc(C)on2)c2ccc(OC)cc2)cc1. The normalized spacial score (nSPS) is 11.5. The minimum atomic E-state index is -0.359. The molecule has 3 aromatic rings. The van der Waals surface area contributed by atoms with Gasteiger partial charge in [0.05, 0.1) is 20.3 Å². The number of urea groups is 1. The number of aromatic nitrogens is 1. The number of hydrogen-bond donors (Lipinski definition) is 2. The van der Waals surface area contributed by atoms with E-state index >= 15 is 0 Å². The number of aryl methyl sites for hydroxylation is 1. The lowest BCUT2D eigenvalue weighted by molar-refractivity contribution is 0.248. The number of carbonyl (C=O) groups excluding carboxylic acids is 1. The van der Waals surface area contributed by atoms with Crippen molar-refractivity contribution in [1.29, 1.82) is 0 Å². The van der Waals surface area contributed by atoms with Crippen LogP contribution in [0.3, 0.4) is 0 Å². The quantitative estimate of drug-likeness (QED) is 0.643. The first-order valence-corrected chi connectivity index (χ1v) is 8.85. The van der Waals surface area contributed by atoms with E-state index in [9.17, 15) is 4.79 Å². The van der Waals surface area contributed by atoms with Gasteiger partial charge < -0.3 is 19.3 Å². The Kier molecular flexibility index (Phi) is 6.16. The largest absolute Gasteiger partial charge is 0.497 e. The van der Waals surface area contributed by atoms with Gasteiger partial charge in [0.15, 0.2) is 5.82 Å². The molecular formula is C21H23N3O4. The molecule has 0 radical (unpaired) electrons. The van der Waals surface area contributed by atoms with E-state index in [1.807, 2.05) is 48.5 Å². The van der Waals surface area contributed by atoms with Crippen molar-refractivity contribution in [3.63, 3.8) is 0 Å². The average Bonchev–Trinajstić information content (AvgIpc) is 3.12. The van der Waals surface area contributed by atoms with Crippen molar-refractivity contribution in [3.8, 4) is 11.5 Å². The molecule has 7 heteroatoms. The first-order valence-electron chi connectivity index (χ1n) is 8.85. The van der Waals surface area contributed by atoms with E-state index in [0.29, 0.717) is 18.0 Å². The molecule has 2 N–H and O–H groups in total. The summed E-state index contributed by atoms with van der Waals surface area (Å²) in [4.78, 5) is 12.5. The molecule has 0 unspecified atom stereocenters. The van der Waals surface area contributed by atoms with Crippen LogP contribution in [-0.4, -0.2) is 25.4 Å². The fourth-order valence-corrected chi connectivity index (χ4v) is 2.82. The highest BCUT2D eigenvalue weighted by molar-refractivity contribution is 5.88. The lowest BCUT2D eigenvalue weighted by Gasteiger charge is -2.20. The molecule has 1 aromatic heterocycles. The molecule has 0 saturated heterocycles. The Hall–Kier alpha value is -3.48. The summed E-state index contributed by atoms with van der Waals surface area (Å²) in [5, 5.41) is 9.48. The highest BCUT2D eigenvalue weighted by Crippen LogP contribution is 2.23. The molecule has 2 amide bonds. The van der Waals surface area contributed by atoms with Crippen LogP contribution in [0.1, 0.15) is 22.9 Å². The fraction of sp³-hybridized carbons (Fsp3) is 0.238. The predicted octanol–water partition coefficient (Wildman–Crippen LogP) is 4.11. The van der Waals surface area contributed by atoms with Gasteiger partial charge in [0.1, 0.15) is 17.3 Å². The van der Waals surface area contributed by atoms with E-state index in [0.717, 1.165) is 22.6 Å². The third-order valence-electron chi connectivity index (χ3n) is 4.29. The summed E-state index contributed by atoms with van der Waals surface area (Å²) in [6.07, 6.45) is 0.613. The van der Waals surface area contributed by atoms with Crippen LogP contribution in [0.5, 0.6) is 11.5 Å². The summed E-state index contributed by atoms with van der Waals surface area (Å²) in [5.41, 5.74) is 2.03. The lowest BCUT2D eigenvalue weighted by atomic mass is 9.98. The molecule has 0 saturated carbocycles. The Morgan fingerprint density at radius 2 is 1.64 bits per heavy atom. The molecule has 2 aromatic carbocycles. The van der Waals surface area contributed by atoms with Gasteiger partial charge >= 0.3 is 6.03 Å². The zero-order chi connectivity index (χ0) is 19.9. The maximum absolute atomic E-state index is 12.5. The molecule has 0 aliphatic carbocycles. The lowest BCUT2D eigenvalue weighted by Crippen LogP contribution is -2.33. The number of benzene rings is 2. The number of ether oxygens (including phenoxy) is 2. The molecule has 1 atom stereocenters. The monoisotopic (exact) mass is 381 g/mol. The van der Waals surface area contributed by atoms with Crippen LogP contribution >= 0.6 is 0 Å². The van der Waals surface area contributed by atoms with Crippen LogP contribution in [0.15, 0.2) is 59.1 Å². The molecule has 0 aliphatic rings. The molecule has 0 fully saturated rings. The number of carbonyl (C=O) groups is 1. The topological polar surface area (TPSA) is 85.6 Å². The predicted molar refractivity (Wildman–Crippen MR) is 106 cm³/mol. The maximum Gasteiger partial charge on any atom is 0.320 e. The number of amides is 2. The van der Waals surface area contributed by atoms with Crippen molar-refractivity contribution in [2.75, 3.05) is 19.5 Å². The minimum Gasteiger partial charge on any atom is -0.497 e. The van der Waals surface area contributed by atoms with Crippen molar-refractivity contribution in [3.05, 3.63) is 71.5 Å². The zero-order valence-corrected chi connectivity index (χ0v) is 16.1. The summed E-state index contributed by atoms with van der Waals surface area (Å²) in [6, 6.07) is 16.4. The van der Waals surface area contributed by atoms with Crippen molar-refractivity contribution >= 4 is 11.8 Å². The van der Waals surface area contributed by atoms with Gasteiger partial charge in [0, 0.05) is 6.07 Å². The molecular weight excluding hydrogens is 358 g/mol. The molecule has 28 heavy (non-hydrogen) atoms. The van der Waals surface area contributed by atoms with Crippen LogP contribution in [-0.2, 0) is 6.42 Å². The Labute approximate surface area is 163 Å². The number of nitrogens with one attached hydrogen (secondary N) is 2. The van der Waals surface area contributed by atoms with E-state index in [-0.39, 0.29) is 12.1 Å². The molecule has 0 spiro atoms. The summed E-state index contributed by atoms with van der Waals surface area (Å²) in [5.74, 6) is 2.54. The van der Waals surface area contributed by atoms with E-state index in [2.05, 4.69) is 15.8 Å².